The summed E-state index contributed by atoms with van der Waals surface area (Å²) in [4.78, 5) is 25.8. The van der Waals surface area contributed by atoms with Crippen LogP contribution in [0.4, 0.5) is 5.69 Å². The zero-order chi connectivity index (χ0) is 19.8. The van der Waals surface area contributed by atoms with E-state index in [1.807, 2.05) is 60.7 Å². The first-order valence-electron chi connectivity index (χ1n) is 9.02. The molecular formula is C23H21NO3S. The fourth-order valence-electron chi connectivity index (χ4n) is 2.65. The summed E-state index contributed by atoms with van der Waals surface area (Å²) in [5.41, 5.74) is 2.02. The van der Waals surface area contributed by atoms with Crippen LogP contribution >= 0.6 is 11.8 Å². The van der Waals surface area contributed by atoms with Crippen molar-refractivity contribution in [1.82, 2.24) is 0 Å². The minimum atomic E-state index is -0.395. The third kappa shape index (κ3) is 5.24. The number of carbonyl (C=O) groups is 2. The van der Waals surface area contributed by atoms with Crippen molar-refractivity contribution in [2.24, 2.45) is 0 Å². The van der Waals surface area contributed by atoms with Gasteiger partial charge < -0.3 is 10.1 Å². The molecule has 0 aliphatic rings. The first-order chi connectivity index (χ1) is 13.7. The van der Waals surface area contributed by atoms with Gasteiger partial charge in [-0.25, -0.2) is 4.79 Å². The Morgan fingerprint density at radius 3 is 2.11 bits per heavy atom. The third-order valence-corrected chi connectivity index (χ3v) is 5.27. The van der Waals surface area contributed by atoms with E-state index in [0.29, 0.717) is 17.9 Å². The summed E-state index contributed by atoms with van der Waals surface area (Å²) >= 11 is 1.50. The van der Waals surface area contributed by atoms with Gasteiger partial charge in [0.25, 0.3) is 0 Å². The summed E-state index contributed by atoms with van der Waals surface area (Å²) in [6.45, 7) is 2.09. The average molecular weight is 391 g/mol. The molecule has 3 rings (SSSR count). The number of amides is 1. The number of rotatable bonds is 7. The highest BCUT2D eigenvalue weighted by Gasteiger charge is 2.22. The zero-order valence-electron chi connectivity index (χ0n) is 15.5. The second-order valence-electron chi connectivity index (χ2n) is 6.01. The fraction of sp³-hybridized carbons (Fsp3) is 0.130. The lowest BCUT2D eigenvalue weighted by atomic mass is 10.1. The van der Waals surface area contributed by atoms with Gasteiger partial charge in [-0.05, 0) is 48.9 Å². The molecule has 0 aliphatic heterocycles. The maximum Gasteiger partial charge on any atom is 0.338 e. The number of carbonyl (C=O) groups excluding carboxylic acids is 2. The van der Waals surface area contributed by atoms with Crippen LogP contribution in [0.5, 0.6) is 0 Å². The van der Waals surface area contributed by atoms with Gasteiger partial charge in [-0.1, -0.05) is 48.5 Å². The molecule has 28 heavy (non-hydrogen) atoms. The van der Waals surface area contributed by atoms with Crippen LogP contribution in [0.1, 0.15) is 28.1 Å². The van der Waals surface area contributed by atoms with Gasteiger partial charge in [0.1, 0.15) is 5.25 Å². The number of hydrogen-bond donors (Lipinski definition) is 1. The van der Waals surface area contributed by atoms with Gasteiger partial charge in [-0.3, -0.25) is 4.79 Å². The number of nitrogens with one attached hydrogen (secondary N) is 1. The Balaban J connectivity index is 1.77. The Labute approximate surface area is 168 Å². The summed E-state index contributed by atoms with van der Waals surface area (Å²) in [5.74, 6) is -0.494. The molecule has 3 aromatic carbocycles. The Kier molecular flexibility index (Phi) is 6.87. The van der Waals surface area contributed by atoms with Crippen molar-refractivity contribution >= 4 is 29.3 Å². The Morgan fingerprint density at radius 2 is 1.50 bits per heavy atom. The first kappa shape index (κ1) is 19.7. The van der Waals surface area contributed by atoms with Crippen molar-refractivity contribution in [2.45, 2.75) is 17.1 Å². The molecule has 1 N–H and O–H groups in total. The van der Waals surface area contributed by atoms with E-state index in [1.54, 1.807) is 31.2 Å². The van der Waals surface area contributed by atoms with Crippen LogP contribution in [0.25, 0.3) is 0 Å². The molecule has 0 aliphatic carbocycles. The monoisotopic (exact) mass is 391 g/mol. The molecule has 3 aromatic rings. The van der Waals surface area contributed by atoms with E-state index in [-0.39, 0.29) is 11.9 Å². The Morgan fingerprint density at radius 1 is 0.893 bits per heavy atom. The smallest absolute Gasteiger partial charge is 0.338 e. The SMILES string of the molecule is CCOC(=O)c1ccc(NC(=O)[C@H](Sc2ccccc2)c2ccccc2)cc1. The number of benzene rings is 3. The largest absolute Gasteiger partial charge is 0.462 e. The van der Waals surface area contributed by atoms with Crippen molar-refractivity contribution in [2.75, 3.05) is 11.9 Å². The molecule has 0 heterocycles. The molecule has 0 bridgehead atoms. The van der Waals surface area contributed by atoms with Crippen LogP contribution in [0.15, 0.2) is 89.8 Å². The zero-order valence-corrected chi connectivity index (χ0v) is 16.3. The van der Waals surface area contributed by atoms with E-state index >= 15 is 0 Å². The van der Waals surface area contributed by atoms with Crippen molar-refractivity contribution < 1.29 is 14.3 Å². The highest BCUT2D eigenvalue weighted by atomic mass is 32.2. The average Bonchev–Trinajstić information content (AvgIpc) is 2.74. The molecule has 1 amide bonds. The third-order valence-electron chi connectivity index (χ3n) is 4.00. The normalized spacial score (nSPS) is 11.5. The van der Waals surface area contributed by atoms with Crippen LogP contribution in [-0.4, -0.2) is 18.5 Å². The quantitative estimate of drug-likeness (QED) is 0.437. The lowest BCUT2D eigenvalue weighted by Gasteiger charge is -2.17. The van der Waals surface area contributed by atoms with Gasteiger partial charge >= 0.3 is 5.97 Å². The van der Waals surface area contributed by atoms with Gasteiger partial charge in [0.05, 0.1) is 12.2 Å². The van der Waals surface area contributed by atoms with Crippen LogP contribution in [0.3, 0.4) is 0 Å². The first-order valence-corrected chi connectivity index (χ1v) is 9.90. The van der Waals surface area contributed by atoms with E-state index in [0.717, 1.165) is 10.5 Å². The molecule has 142 valence electrons. The molecule has 0 fully saturated rings. The number of hydrogen-bond acceptors (Lipinski definition) is 4. The van der Waals surface area contributed by atoms with E-state index in [9.17, 15) is 9.59 Å². The molecule has 1 atom stereocenters. The van der Waals surface area contributed by atoms with E-state index in [2.05, 4.69) is 5.32 Å². The summed E-state index contributed by atoms with van der Waals surface area (Å²) < 4.78 is 4.98. The van der Waals surface area contributed by atoms with Crippen molar-refractivity contribution in [1.29, 1.82) is 0 Å². The van der Waals surface area contributed by atoms with Crippen molar-refractivity contribution in [3.8, 4) is 0 Å². The van der Waals surface area contributed by atoms with Crippen molar-refractivity contribution in [3.63, 3.8) is 0 Å². The maximum absolute atomic E-state index is 13.0. The van der Waals surface area contributed by atoms with Crippen molar-refractivity contribution in [3.05, 3.63) is 96.1 Å². The van der Waals surface area contributed by atoms with E-state index in [4.69, 9.17) is 4.74 Å². The predicted octanol–water partition coefficient (Wildman–Crippen LogP) is 5.34. The van der Waals surface area contributed by atoms with Gasteiger partial charge in [-0.15, -0.1) is 11.8 Å². The summed E-state index contributed by atoms with van der Waals surface area (Å²) in [6, 6.07) is 26.2. The minimum absolute atomic E-state index is 0.121. The van der Waals surface area contributed by atoms with Gasteiger partial charge in [0.2, 0.25) is 5.91 Å². The Bertz CT molecular complexity index is 912. The lowest BCUT2D eigenvalue weighted by Crippen LogP contribution is -2.19. The van der Waals surface area contributed by atoms with E-state index in [1.165, 1.54) is 11.8 Å². The van der Waals surface area contributed by atoms with Gasteiger partial charge in [0.15, 0.2) is 0 Å². The van der Waals surface area contributed by atoms with Crippen LogP contribution in [-0.2, 0) is 9.53 Å². The predicted molar refractivity (Wildman–Crippen MR) is 113 cm³/mol. The minimum Gasteiger partial charge on any atom is -0.462 e. The molecule has 0 saturated heterocycles. The molecule has 4 nitrogen and oxygen atoms in total. The fourth-order valence-corrected chi connectivity index (χ4v) is 3.69. The number of ether oxygens (including phenoxy) is 1. The highest BCUT2D eigenvalue weighted by molar-refractivity contribution is 8.00. The number of anilines is 1. The summed E-state index contributed by atoms with van der Waals surface area (Å²) in [5, 5.41) is 2.55. The van der Waals surface area contributed by atoms with E-state index < -0.39 is 5.25 Å². The molecule has 0 radical (unpaired) electrons. The second kappa shape index (κ2) is 9.76. The van der Waals surface area contributed by atoms with Crippen LogP contribution in [0, 0.1) is 0 Å². The number of thioether (sulfide) groups is 1. The molecule has 0 spiro atoms. The molecular weight excluding hydrogens is 370 g/mol. The molecule has 5 heteroatoms. The Hall–Kier alpha value is -3.05. The van der Waals surface area contributed by atoms with Gasteiger partial charge in [0, 0.05) is 10.6 Å². The molecule has 0 saturated carbocycles. The van der Waals surface area contributed by atoms with Crippen LogP contribution < -0.4 is 5.32 Å². The lowest BCUT2D eigenvalue weighted by molar-refractivity contribution is -0.115. The highest BCUT2D eigenvalue weighted by Crippen LogP contribution is 2.36. The topological polar surface area (TPSA) is 55.4 Å². The maximum atomic E-state index is 13.0. The number of esters is 1. The molecule has 0 unspecified atom stereocenters. The standard InChI is InChI=1S/C23H21NO3S/c1-2-27-23(26)18-13-15-19(16-14-18)24-22(25)21(17-9-5-3-6-10-17)28-20-11-7-4-8-12-20/h3-16,21H,2H2,1H3,(H,24,25)/t21-/m1/s1. The molecule has 0 aromatic heterocycles. The van der Waals surface area contributed by atoms with Crippen LogP contribution in [0.2, 0.25) is 0 Å². The second-order valence-corrected chi connectivity index (χ2v) is 7.19. The summed E-state index contributed by atoms with van der Waals surface area (Å²) in [7, 11) is 0. The summed E-state index contributed by atoms with van der Waals surface area (Å²) in [6.07, 6.45) is 0. The van der Waals surface area contributed by atoms with Gasteiger partial charge in [-0.2, -0.15) is 0 Å².